The molecule has 0 radical (unpaired) electrons. The molecule has 0 spiro atoms. The first kappa shape index (κ1) is 22.0. The molecule has 0 unspecified atom stereocenters. The topological polar surface area (TPSA) is 127 Å². The second kappa shape index (κ2) is 9.90. The van der Waals surface area contributed by atoms with E-state index in [0.717, 1.165) is 17.3 Å². The Morgan fingerprint density at radius 2 is 2.00 bits per heavy atom. The number of aromatic nitrogens is 2. The lowest BCUT2D eigenvalue weighted by molar-refractivity contribution is -0.384. The summed E-state index contributed by atoms with van der Waals surface area (Å²) in [5.74, 6) is -0.166. The average Bonchev–Trinajstić information content (AvgIpc) is 2.75. The van der Waals surface area contributed by atoms with Crippen molar-refractivity contribution in [2.24, 2.45) is 0 Å². The van der Waals surface area contributed by atoms with E-state index in [4.69, 9.17) is 4.74 Å². The summed E-state index contributed by atoms with van der Waals surface area (Å²) in [5.41, 5.74) is 1.94. The van der Waals surface area contributed by atoms with E-state index in [9.17, 15) is 19.7 Å². The second-order valence-corrected chi connectivity index (χ2v) is 7.54. The van der Waals surface area contributed by atoms with Crippen LogP contribution < -0.4 is 15.6 Å². The number of aryl methyl sites for hydroxylation is 1. The number of carbonyl (C=O) groups is 1. The number of aromatic amines is 1. The first-order valence-electron chi connectivity index (χ1n) is 9.26. The molecule has 0 bridgehead atoms. The van der Waals surface area contributed by atoms with Gasteiger partial charge in [0.15, 0.2) is 5.16 Å². The molecule has 0 atom stereocenters. The summed E-state index contributed by atoms with van der Waals surface area (Å²) in [7, 11) is 1.40. The van der Waals surface area contributed by atoms with Crippen molar-refractivity contribution in [2.75, 3.05) is 18.2 Å². The van der Waals surface area contributed by atoms with Crippen LogP contribution in [0.2, 0.25) is 0 Å². The summed E-state index contributed by atoms with van der Waals surface area (Å²) in [6.45, 7) is 1.76. The van der Waals surface area contributed by atoms with E-state index in [0.29, 0.717) is 28.6 Å². The van der Waals surface area contributed by atoms with Crippen molar-refractivity contribution in [2.45, 2.75) is 18.5 Å². The maximum atomic E-state index is 12.5. The number of thioether (sulfide) groups is 1. The van der Waals surface area contributed by atoms with Gasteiger partial charge < -0.3 is 15.0 Å². The number of nitrogens with one attached hydrogen (secondary N) is 2. The number of hydrogen-bond acceptors (Lipinski definition) is 7. The Balaban J connectivity index is 1.67. The lowest BCUT2D eigenvalue weighted by atomic mass is 10.1. The smallest absolute Gasteiger partial charge is 0.271 e. The molecule has 0 saturated carbocycles. The fraction of sp³-hybridized carbons (Fsp3) is 0.190. The molecule has 1 aromatic heterocycles. The molecule has 10 heteroatoms. The van der Waals surface area contributed by atoms with Gasteiger partial charge in [0.2, 0.25) is 5.91 Å². The fourth-order valence-electron chi connectivity index (χ4n) is 2.89. The number of ether oxygens (including phenoxy) is 1. The molecule has 31 heavy (non-hydrogen) atoms. The van der Waals surface area contributed by atoms with Crippen molar-refractivity contribution in [3.63, 3.8) is 0 Å². The van der Waals surface area contributed by atoms with Gasteiger partial charge in [0, 0.05) is 29.8 Å². The van der Waals surface area contributed by atoms with Gasteiger partial charge in [-0.2, -0.15) is 0 Å². The summed E-state index contributed by atoms with van der Waals surface area (Å²) < 4.78 is 5.13. The van der Waals surface area contributed by atoms with Crippen LogP contribution in [0.25, 0.3) is 0 Å². The van der Waals surface area contributed by atoms with Gasteiger partial charge in [-0.15, -0.1) is 0 Å². The molecular weight excluding hydrogens is 420 g/mol. The average molecular weight is 440 g/mol. The minimum atomic E-state index is -0.557. The van der Waals surface area contributed by atoms with Crippen LogP contribution in [0.15, 0.2) is 58.5 Å². The molecule has 2 N–H and O–H groups in total. The third kappa shape index (κ3) is 5.70. The first-order chi connectivity index (χ1) is 14.9. The van der Waals surface area contributed by atoms with Gasteiger partial charge in [0.05, 0.1) is 23.5 Å². The van der Waals surface area contributed by atoms with Crippen molar-refractivity contribution < 1.29 is 14.5 Å². The van der Waals surface area contributed by atoms with Gasteiger partial charge in [0.1, 0.15) is 5.75 Å². The second-order valence-electron chi connectivity index (χ2n) is 6.58. The zero-order valence-corrected chi connectivity index (χ0v) is 17.7. The molecule has 1 heterocycles. The molecule has 9 nitrogen and oxygen atoms in total. The highest BCUT2D eigenvalue weighted by Gasteiger charge is 2.15. The standard InChI is InChI=1S/C21H20N4O5S/c1-13-16(10-14-6-4-3-5-7-14)20(27)24-21(22-13)31-12-19(26)23-17-11-15(25(28)29)8-9-18(17)30-2/h3-9,11H,10,12H2,1-2H3,(H,23,26)(H,22,24,27). The Bertz CT molecular complexity index is 1160. The molecular formula is C21H20N4O5S. The van der Waals surface area contributed by atoms with Gasteiger partial charge >= 0.3 is 0 Å². The Morgan fingerprint density at radius 1 is 1.26 bits per heavy atom. The number of amides is 1. The minimum Gasteiger partial charge on any atom is -0.495 e. The van der Waals surface area contributed by atoms with Crippen molar-refractivity contribution in [1.29, 1.82) is 0 Å². The minimum absolute atomic E-state index is 0.0493. The third-order valence-corrected chi connectivity index (χ3v) is 5.31. The van der Waals surface area contributed by atoms with E-state index in [1.807, 2.05) is 30.3 Å². The number of hydrogen-bond donors (Lipinski definition) is 2. The number of nitro groups is 1. The van der Waals surface area contributed by atoms with Crippen LogP contribution in [0.4, 0.5) is 11.4 Å². The predicted octanol–water partition coefficient (Wildman–Crippen LogP) is 3.32. The fourth-order valence-corrected chi connectivity index (χ4v) is 3.59. The molecule has 0 saturated heterocycles. The Kier molecular flexibility index (Phi) is 7.03. The van der Waals surface area contributed by atoms with E-state index in [1.165, 1.54) is 25.3 Å². The van der Waals surface area contributed by atoms with E-state index >= 15 is 0 Å². The lowest BCUT2D eigenvalue weighted by Crippen LogP contribution is -2.19. The maximum Gasteiger partial charge on any atom is 0.271 e. The molecule has 0 fully saturated rings. The third-order valence-electron chi connectivity index (χ3n) is 4.43. The van der Waals surface area contributed by atoms with Crippen LogP contribution in [0.3, 0.4) is 0 Å². The molecule has 1 amide bonds. The predicted molar refractivity (Wildman–Crippen MR) is 118 cm³/mol. The maximum absolute atomic E-state index is 12.5. The monoisotopic (exact) mass is 440 g/mol. The highest BCUT2D eigenvalue weighted by molar-refractivity contribution is 7.99. The van der Waals surface area contributed by atoms with Crippen LogP contribution in [0.1, 0.15) is 16.8 Å². The number of non-ortho nitro benzene ring substituents is 1. The van der Waals surface area contributed by atoms with Gasteiger partial charge in [-0.05, 0) is 18.6 Å². The van der Waals surface area contributed by atoms with E-state index in [-0.39, 0.29) is 22.7 Å². The number of nitrogens with zero attached hydrogens (tertiary/aromatic N) is 2. The van der Waals surface area contributed by atoms with Gasteiger partial charge in [-0.25, -0.2) is 4.98 Å². The highest BCUT2D eigenvalue weighted by atomic mass is 32.2. The van der Waals surface area contributed by atoms with E-state index < -0.39 is 10.8 Å². The van der Waals surface area contributed by atoms with Crippen molar-refractivity contribution in [3.8, 4) is 5.75 Å². The quantitative estimate of drug-likeness (QED) is 0.238. The molecule has 0 aliphatic rings. The SMILES string of the molecule is COc1ccc([N+](=O)[O-])cc1NC(=O)CSc1nc(C)c(Cc2ccccc2)c(=O)[nH]1. The number of carbonyl (C=O) groups excluding carboxylic acids is 1. The molecule has 160 valence electrons. The lowest BCUT2D eigenvalue weighted by Gasteiger charge is -2.10. The number of nitro benzene ring substituents is 1. The number of benzene rings is 2. The molecule has 0 aliphatic heterocycles. The first-order valence-corrected chi connectivity index (χ1v) is 10.2. The molecule has 2 aromatic carbocycles. The number of methoxy groups -OCH3 is 1. The van der Waals surface area contributed by atoms with Crippen LogP contribution in [-0.2, 0) is 11.2 Å². The largest absolute Gasteiger partial charge is 0.495 e. The molecule has 3 aromatic rings. The van der Waals surface area contributed by atoms with Crippen LogP contribution >= 0.6 is 11.8 Å². The number of H-pyrrole nitrogens is 1. The highest BCUT2D eigenvalue weighted by Crippen LogP contribution is 2.29. The summed E-state index contributed by atoms with van der Waals surface area (Å²) in [6, 6.07) is 13.5. The van der Waals surface area contributed by atoms with Gasteiger partial charge in [-0.3, -0.25) is 19.7 Å². The van der Waals surface area contributed by atoms with E-state index in [2.05, 4.69) is 15.3 Å². The normalized spacial score (nSPS) is 10.5. The Hall–Kier alpha value is -3.66. The van der Waals surface area contributed by atoms with E-state index in [1.54, 1.807) is 6.92 Å². The number of anilines is 1. The summed E-state index contributed by atoms with van der Waals surface area (Å²) in [4.78, 5) is 42.3. The van der Waals surface area contributed by atoms with Crippen LogP contribution in [-0.4, -0.2) is 33.7 Å². The Morgan fingerprint density at radius 3 is 2.65 bits per heavy atom. The molecule has 0 aliphatic carbocycles. The Labute approximate surface area is 182 Å². The van der Waals surface area contributed by atoms with Crippen molar-refractivity contribution in [3.05, 3.63) is 85.8 Å². The zero-order valence-electron chi connectivity index (χ0n) is 16.9. The summed E-state index contributed by atoms with van der Waals surface area (Å²) >= 11 is 1.06. The number of rotatable bonds is 8. The summed E-state index contributed by atoms with van der Waals surface area (Å²) in [5, 5.41) is 13.9. The van der Waals surface area contributed by atoms with Crippen molar-refractivity contribution in [1.82, 2.24) is 9.97 Å². The van der Waals surface area contributed by atoms with Crippen LogP contribution in [0.5, 0.6) is 5.75 Å². The molecule has 3 rings (SSSR count). The van der Waals surface area contributed by atoms with Gasteiger partial charge in [0.25, 0.3) is 11.2 Å². The van der Waals surface area contributed by atoms with Gasteiger partial charge in [-0.1, -0.05) is 42.1 Å². The zero-order chi connectivity index (χ0) is 22.4. The van der Waals surface area contributed by atoms with Crippen LogP contribution in [0, 0.1) is 17.0 Å². The summed E-state index contributed by atoms with van der Waals surface area (Å²) in [6.07, 6.45) is 0.465. The van der Waals surface area contributed by atoms with Crippen molar-refractivity contribution >= 4 is 29.0 Å².